The van der Waals surface area contributed by atoms with Crippen LogP contribution in [-0.2, 0) is 6.42 Å². The van der Waals surface area contributed by atoms with Gasteiger partial charge < -0.3 is 4.74 Å². The Labute approximate surface area is 146 Å². The molecule has 2 heterocycles. The van der Waals surface area contributed by atoms with Gasteiger partial charge in [-0.2, -0.15) is 0 Å². The molecule has 0 spiro atoms. The lowest BCUT2D eigenvalue weighted by molar-refractivity contribution is 0.0843. The number of rotatable bonds is 7. The quantitative estimate of drug-likeness (QED) is 0.595. The van der Waals surface area contributed by atoms with Crippen LogP contribution in [0.2, 0.25) is 0 Å². The van der Waals surface area contributed by atoms with Crippen molar-refractivity contribution in [1.82, 2.24) is 20.8 Å². The average molecular weight is 342 g/mol. The number of hydrogen-bond donors (Lipinski definition) is 2. The van der Waals surface area contributed by atoms with E-state index in [-0.39, 0.29) is 5.69 Å². The van der Waals surface area contributed by atoms with E-state index in [0.717, 1.165) is 24.8 Å². The minimum atomic E-state index is -0.477. The van der Waals surface area contributed by atoms with Gasteiger partial charge in [-0.15, -0.1) is 0 Å². The fourth-order valence-corrected chi connectivity index (χ4v) is 2.20. The van der Waals surface area contributed by atoms with Crippen LogP contribution in [0, 0.1) is 0 Å². The van der Waals surface area contributed by atoms with Crippen LogP contribution in [0.1, 0.15) is 52.6 Å². The molecule has 7 heteroatoms. The van der Waals surface area contributed by atoms with Crippen molar-refractivity contribution in [3.8, 4) is 5.88 Å². The van der Waals surface area contributed by atoms with Crippen molar-refractivity contribution in [2.75, 3.05) is 7.11 Å². The van der Waals surface area contributed by atoms with Gasteiger partial charge in [0, 0.05) is 24.0 Å². The molecule has 0 aliphatic heterocycles. The number of methoxy groups -OCH3 is 1. The largest absolute Gasteiger partial charge is 0.481 e. The highest BCUT2D eigenvalue weighted by Crippen LogP contribution is 2.08. The van der Waals surface area contributed by atoms with Gasteiger partial charge in [-0.05, 0) is 30.5 Å². The maximum absolute atomic E-state index is 12.0. The van der Waals surface area contributed by atoms with E-state index in [0.29, 0.717) is 11.4 Å². The third-order valence-corrected chi connectivity index (χ3v) is 3.62. The first-order valence-corrected chi connectivity index (χ1v) is 8.19. The second-order valence-electron chi connectivity index (χ2n) is 5.50. The SMILES string of the molecule is CCCCCc1ccc(C(=O)NNC(=O)c2ccnc(OC)c2)nc1. The normalized spacial score (nSPS) is 10.2. The zero-order valence-corrected chi connectivity index (χ0v) is 14.4. The lowest BCUT2D eigenvalue weighted by atomic mass is 10.1. The molecule has 0 aliphatic carbocycles. The molecule has 0 radical (unpaired) electrons. The van der Waals surface area contributed by atoms with Crippen molar-refractivity contribution in [2.45, 2.75) is 32.6 Å². The van der Waals surface area contributed by atoms with Crippen molar-refractivity contribution in [3.05, 3.63) is 53.5 Å². The summed E-state index contributed by atoms with van der Waals surface area (Å²) in [6, 6.07) is 6.53. The zero-order chi connectivity index (χ0) is 18.1. The van der Waals surface area contributed by atoms with Crippen molar-refractivity contribution in [2.24, 2.45) is 0 Å². The van der Waals surface area contributed by atoms with E-state index < -0.39 is 11.8 Å². The number of hydrogen-bond acceptors (Lipinski definition) is 5. The van der Waals surface area contributed by atoms with Gasteiger partial charge >= 0.3 is 0 Å². The van der Waals surface area contributed by atoms with E-state index in [1.165, 1.54) is 31.9 Å². The summed E-state index contributed by atoms with van der Waals surface area (Å²) in [5, 5.41) is 0. The molecule has 2 aromatic heterocycles. The van der Waals surface area contributed by atoms with Gasteiger partial charge in [0.05, 0.1) is 7.11 Å². The third kappa shape index (κ3) is 5.56. The van der Waals surface area contributed by atoms with E-state index in [9.17, 15) is 9.59 Å². The van der Waals surface area contributed by atoms with E-state index >= 15 is 0 Å². The molecule has 7 nitrogen and oxygen atoms in total. The smallest absolute Gasteiger partial charge is 0.288 e. The van der Waals surface area contributed by atoms with E-state index in [1.807, 2.05) is 6.07 Å². The van der Waals surface area contributed by atoms with Gasteiger partial charge in [-0.25, -0.2) is 4.98 Å². The van der Waals surface area contributed by atoms with Crippen LogP contribution in [0.25, 0.3) is 0 Å². The van der Waals surface area contributed by atoms with Crippen LogP contribution in [0.3, 0.4) is 0 Å². The molecule has 0 bridgehead atoms. The number of nitrogens with one attached hydrogen (secondary N) is 2. The van der Waals surface area contributed by atoms with Crippen LogP contribution in [0.5, 0.6) is 5.88 Å². The molecule has 0 fully saturated rings. The maximum atomic E-state index is 12.0. The van der Waals surface area contributed by atoms with Crippen LogP contribution >= 0.6 is 0 Å². The summed E-state index contributed by atoms with van der Waals surface area (Å²) in [4.78, 5) is 32.1. The number of hydrazine groups is 1. The van der Waals surface area contributed by atoms with Gasteiger partial charge in [-0.1, -0.05) is 25.8 Å². The molecule has 0 atom stereocenters. The number of nitrogens with zero attached hydrogens (tertiary/aromatic N) is 2. The number of carbonyl (C=O) groups is 2. The Hall–Kier alpha value is -2.96. The fourth-order valence-electron chi connectivity index (χ4n) is 2.20. The monoisotopic (exact) mass is 342 g/mol. The molecule has 2 amide bonds. The van der Waals surface area contributed by atoms with Crippen LogP contribution in [0.15, 0.2) is 36.7 Å². The minimum Gasteiger partial charge on any atom is -0.481 e. The topological polar surface area (TPSA) is 93.2 Å². The van der Waals surface area contributed by atoms with E-state index in [2.05, 4.69) is 27.7 Å². The molecular weight excluding hydrogens is 320 g/mol. The highest BCUT2D eigenvalue weighted by Gasteiger charge is 2.11. The summed E-state index contributed by atoms with van der Waals surface area (Å²) in [6.45, 7) is 2.15. The van der Waals surface area contributed by atoms with Gasteiger partial charge in [0.25, 0.3) is 11.8 Å². The van der Waals surface area contributed by atoms with Gasteiger partial charge in [0.2, 0.25) is 5.88 Å². The number of carbonyl (C=O) groups excluding carboxylic acids is 2. The second-order valence-corrected chi connectivity index (χ2v) is 5.50. The Morgan fingerprint density at radius 2 is 1.88 bits per heavy atom. The molecule has 0 unspecified atom stereocenters. The Morgan fingerprint density at radius 3 is 2.56 bits per heavy atom. The number of ether oxygens (including phenoxy) is 1. The van der Waals surface area contributed by atoms with Crippen LogP contribution < -0.4 is 15.6 Å². The summed E-state index contributed by atoms with van der Waals surface area (Å²) < 4.78 is 4.96. The molecule has 0 aliphatic rings. The highest BCUT2D eigenvalue weighted by molar-refractivity contribution is 5.98. The number of amides is 2. The minimum absolute atomic E-state index is 0.242. The molecular formula is C18H22N4O3. The lowest BCUT2D eigenvalue weighted by Crippen LogP contribution is -2.41. The summed E-state index contributed by atoms with van der Waals surface area (Å²) in [5.41, 5.74) is 6.35. The van der Waals surface area contributed by atoms with Crippen molar-refractivity contribution >= 4 is 11.8 Å². The summed E-state index contributed by atoms with van der Waals surface area (Å²) in [7, 11) is 1.46. The third-order valence-electron chi connectivity index (χ3n) is 3.62. The zero-order valence-electron chi connectivity index (χ0n) is 14.4. The van der Waals surface area contributed by atoms with Gasteiger partial charge in [0.1, 0.15) is 5.69 Å². The number of aromatic nitrogens is 2. The predicted molar refractivity (Wildman–Crippen MR) is 93.2 cm³/mol. The number of unbranched alkanes of at least 4 members (excludes halogenated alkanes) is 2. The van der Waals surface area contributed by atoms with E-state index in [4.69, 9.17) is 4.74 Å². The van der Waals surface area contributed by atoms with Crippen molar-refractivity contribution in [1.29, 1.82) is 0 Å². The molecule has 2 N–H and O–H groups in total. The van der Waals surface area contributed by atoms with E-state index in [1.54, 1.807) is 12.3 Å². The average Bonchev–Trinajstić information content (AvgIpc) is 2.66. The molecule has 132 valence electrons. The standard InChI is InChI=1S/C18H22N4O3/c1-3-4-5-6-13-7-8-15(20-12-13)18(24)22-21-17(23)14-9-10-19-16(11-14)25-2/h7-12H,3-6H2,1-2H3,(H,21,23)(H,22,24). The Kier molecular flexibility index (Phi) is 6.88. The Bertz CT molecular complexity index is 717. The predicted octanol–water partition coefficient (Wildman–Crippen LogP) is 2.29. The van der Waals surface area contributed by atoms with Gasteiger partial charge in [0.15, 0.2) is 0 Å². The first-order valence-electron chi connectivity index (χ1n) is 8.19. The molecule has 25 heavy (non-hydrogen) atoms. The second kappa shape index (κ2) is 9.36. The van der Waals surface area contributed by atoms with Crippen LogP contribution in [0.4, 0.5) is 0 Å². The Balaban J connectivity index is 1.87. The molecule has 2 rings (SSSR count). The Morgan fingerprint density at radius 1 is 1.08 bits per heavy atom. The maximum Gasteiger partial charge on any atom is 0.288 e. The summed E-state index contributed by atoms with van der Waals surface area (Å²) in [5.74, 6) is -0.626. The van der Waals surface area contributed by atoms with Crippen molar-refractivity contribution < 1.29 is 14.3 Å². The van der Waals surface area contributed by atoms with Crippen molar-refractivity contribution in [3.63, 3.8) is 0 Å². The fraction of sp³-hybridized carbons (Fsp3) is 0.333. The highest BCUT2D eigenvalue weighted by atomic mass is 16.5. The first-order chi connectivity index (χ1) is 12.1. The summed E-state index contributed by atoms with van der Waals surface area (Å²) >= 11 is 0. The molecule has 2 aromatic rings. The lowest BCUT2D eigenvalue weighted by Gasteiger charge is -2.08. The first kappa shape index (κ1) is 18.4. The van der Waals surface area contributed by atoms with Crippen LogP contribution in [-0.4, -0.2) is 28.9 Å². The number of pyridine rings is 2. The summed E-state index contributed by atoms with van der Waals surface area (Å²) in [6.07, 6.45) is 7.54. The van der Waals surface area contributed by atoms with Gasteiger partial charge in [-0.3, -0.25) is 25.4 Å². The molecule has 0 aromatic carbocycles. The molecule has 0 saturated carbocycles. The molecule has 0 saturated heterocycles. The number of aryl methyl sites for hydroxylation is 1.